The minimum Gasteiger partial charge on any atom is -0.478 e. The van der Waals surface area contributed by atoms with Gasteiger partial charge in [-0.05, 0) is 6.92 Å². The Kier molecular flexibility index (Phi) is 8.43. The van der Waals surface area contributed by atoms with E-state index in [1.807, 2.05) is 6.92 Å². The van der Waals surface area contributed by atoms with E-state index in [4.69, 9.17) is 19.7 Å². The van der Waals surface area contributed by atoms with E-state index in [1.54, 1.807) is 0 Å². The Morgan fingerprint density at radius 2 is 1.93 bits per heavy atom. The van der Waals surface area contributed by atoms with E-state index in [-0.39, 0.29) is 18.7 Å². The number of carboxylic acid groups (broad SMARTS) is 2. The van der Waals surface area contributed by atoms with Crippen molar-refractivity contribution < 1.29 is 34.1 Å². The van der Waals surface area contributed by atoms with Gasteiger partial charge in [-0.25, -0.2) is 19.4 Å². The van der Waals surface area contributed by atoms with Crippen LogP contribution in [0, 0.1) is 0 Å². The largest absolute Gasteiger partial charge is 0.478 e. The second kappa shape index (κ2) is 11.0. The smallest absolute Gasteiger partial charge is 0.332 e. The number of aliphatic imine (C=N–C) groups is 1. The van der Waals surface area contributed by atoms with Gasteiger partial charge in [0.15, 0.2) is 0 Å². The van der Waals surface area contributed by atoms with Crippen LogP contribution in [0.5, 0.6) is 0 Å². The second-order valence-electron chi connectivity index (χ2n) is 6.22. The standard InChI is InChI=1S/C13H21N5O3.C4H4O4/c1-9-16-12(11-13(17-9)21-10(19)8-15-11)14-2-3-18-4-6-20-7-5-18;5-3(6)1-2-4(7)8/h9,14-16H,2-8H2,1H3;1-2H,(H,5,6)(H,7,8)/b;2-1+. The van der Waals surface area contributed by atoms with Gasteiger partial charge in [0.2, 0.25) is 5.90 Å². The molecule has 3 aliphatic rings. The normalized spacial score (nSPS) is 21.6. The maximum Gasteiger partial charge on any atom is 0.332 e. The van der Waals surface area contributed by atoms with Gasteiger partial charge < -0.3 is 35.6 Å². The summed E-state index contributed by atoms with van der Waals surface area (Å²) >= 11 is 0. The number of nitrogens with zero attached hydrogens (tertiary/aromatic N) is 2. The molecule has 3 rings (SSSR count). The van der Waals surface area contributed by atoms with Crippen LogP contribution in [-0.2, 0) is 23.9 Å². The molecule has 1 unspecified atom stereocenters. The molecule has 0 amide bonds. The Bertz CT molecular complexity index is 697. The van der Waals surface area contributed by atoms with Gasteiger partial charge in [0, 0.05) is 38.3 Å². The number of carbonyl (C=O) groups excluding carboxylic acids is 1. The number of hydrogen-bond donors (Lipinski definition) is 5. The summed E-state index contributed by atoms with van der Waals surface area (Å²) in [7, 11) is 0. The number of rotatable bonds is 6. The Morgan fingerprint density at radius 1 is 1.28 bits per heavy atom. The zero-order chi connectivity index (χ0) is 21.2. The lowest BCUT2D eigenvalue weighted by Gasteiger charge is -2.30. The fraction of sp³-hybridized carbons (Fsp3) is 0.529. The molecule has 1 atom stereocenters. The van der Waals surface area contributed by atoms with Gasteiger partial charge in [0.25, 0.3) is 0 Å². The van der Waals surface area contributed by atoms with Crippen molar-refractivity contribution in [3.05, 3.63) is 23.7 Å². The molecule has 2 saturated heterocycles. The molecular formula is C17H25N5O7. The topological polar surface area (TPSA) is 162 Å². The maximum atomic E-state index is 11.3. The van der Waals surface area contributed by atoms with Gasteiger partial charge in [-0.1, -0.05) is 0 Å². The van der Waals surface area contributed by atoms with Crippen LogP contribution in [0.1, 0.15) is 6.92 Å². The first-order valence-electron chi connectivity index (χ1n) is 9.06. The van der Waals surface area contributed by atoms with E-state index in [0.29, 0.717) is 18.0 Å². The number of esters is 1. The summed E-state index contributed by atoms with van der Waals surface area (Å²) in [6, 6.07) is 0. The molecule has 12 nitrogen and oxygen atoms in total. The third kappa shape index (κ3) is 7.79. The molecule has 0 aromatic rings. The first-order valence-corrected chi connectivity index (χ1v) is 9.06. The van der Waals surface area contributed by atoms with Crippen molar-refractivity contribution in [3.63, 3.8) is 0 Å². The predicted octanol–water partition coefficient (Wildman–Crippen LogP) is -1.72. The van der Waals surface area contributed by atoms with E-state index in [9.17, 15) is 14.4 Å². The van der Waals surface area contributed by atoms with Crippen LogP contribution in [0.25, 0.3) is 0 Å². The highest BCUT2D eigenvalue weighted by Crippen LogP contribution is 2.12. The summed E-state index contributed by atoms with van der Waals surface area (Å²) in [6.45, 7) is 7.38. The van der Waals surface area contributed by atoms with Gasteiger partial charge in [-0.2, -0.15) is 0 Å². The van der Waals surface area contributed by atoms with Gasteiger partial charge >= 0.3 is 17.9 Å². The van der Waals surface area contributed by atoms with Crippen molar-refractivity contribution >= 4 is 23.8 Å². The van der Waals surface area contributed by atoms with Crippen molar-refractivity contribution in [1.29, 1.82) is 0 Å². The fourth-order valence-corrected chi connectivity index (χ4v) is 2.65. The van der Waals surface area contributed by atoms with Crippen LogP contribution in [0.4, 0.5) is 0 Å². The highest BCUT2D eigenvalue weighted by molar-refractivity contribution is 6.03. The molecule has 0 bridgehead atoms. The van der Waals surface area contributed by atoms with Crippen LogP contribution in [0.2, 0.25) is 0 Å². The first-order chi connectivity index (χ1) is 13.8. The van der Waals surface area contributed by atoms with Crippen LogP contribution in [-0.4, -0.2) is 91.0 Å². The molecule has 3 aliphatic heterocycles. The van der Waals surface area contributed by atoms with E-state index < -0.39 is 11.9 Å². The third-order valence-corrected chi connectivity index (χ3v) is 3.95. The van der Waals surface area contributed by atoms with E-state index >= 15 is 0 Å². The number of morpholine rings is 2. The van der Waals surface area contributed by atoms with E-state index in [1.165, 1.54) is 0 Å². The monoisotopic (exact) mass is 411 g/mol. The lowest BCUT2D eigenvalue weighted by Crippen LogP contribution is -2.49. The molecule has 0 radical (unpaired) electrons. The van der Waals surface area contributed by atoms with E-state index in [0.717, 1.165) is 50.9 Å². The summed E-state index contributed by atoms with van der Waals surface area (Å²) in [4.78, 5) is 37.0. The van der Waals surface area contributed by atoms with Crippen molar-refractivity contribution in [1.82, 2.24) is 20.9 Å². The molecule has 0 saturated carbocycles. The molecule has 0 aromatic heterocycles. The molecule has 0 aromatic carbocycles. The number of carboxylic acids is 2. The molecule has 0 aliphatic carbocycles. The van der Waals surface area contributed by atoms with Gasteiger partial charge in [0.1, 0.15) is 24.2 Å². The summed E-state index contributed by atoms with van der Waals surface area (Å²) in [6.07, 6.45) is 0.993. The van der Waals surface area contributed by atoms with Crippen LogP contribution >= 0.6 is 0 Å². The lowest BCUT2D eigenvalue weighted by molar-refractivity contribution is -0.135. The number of fused-ring (bicyclic) bond motifs is 1. The van der Waals surface area contributed by atoms with Crippen molar-refractivity contribution in [3.8, 4) is 0 Å². The molecule has 12 heteroatoms. The summed E-state index contributed by atoms with van der Waals surface area (Å²) in [5.74, 6) is -1.61. The summed E-state index contributed by atoms with van der Waals surface area (Å²) in [5.41, 5.74) is 0.731. The van der Waals surface area contributed by atoms with Crippen molar-refractivity contribution in [2.24, 2.45) is 4.99 Å². The summed E-state index contributed by atoms with van der Waals surface area (Å²) < 4.78 is 10.5. The Labute approximate surface area is 167 Å². The Hall–Kier alpha value is -3.12. The summed E-state index contributed by atoms with van der Waals surface area (Å²) in [5, 5.41) is 25.3. The number of nitrogens with one attached hydrogen (secondary N) is 3. The van der Waals surface area contributed by atoms with Crippen molar-refractivity contribution in [2.75, 3.05) is 45.9 Å². The van der Waals surface area contributed by atoms with Gasteiger partial charge in [0.05, 0.1) is 13.2 Å². The predicted molar refractivity (Wildman–Crippen MR) is 101 cm³/mol. The van der Waals surface area contributed by atoms with Gasteiger partial charge in [-0.15, -0.1) is 0 Å². The Balaban J connectivity index is 0.000000321. The van der Waals surface area contributed by atoms with Crippen LogP contribution < -0.4 is 16.0 Å². The first kappa shape index (κ1) is 22.2. The number of carbonyl (C=O) groups is 3. The average molecular weight is 411 g/mol. The van der Waals surface area contributed by atoms with Crippen molar-refractivity contribution in [2.45, 2.75) is 13.1 Å². The minimum absolute atomic E-state index is 0.123. The zero-order valence-electron chi connectivity index (χ0n) is 16.0. The average Bonchev–Trinajstić information content (AvgIpc) is 2.67. The highest BCUT2D eigenvalue weighted by Gasteiger charge is 2.28. The molecule has 3 heterocycles. The number of ether oxygens (including phenoxy) is 2. The molecule has 2 fully saturated rings. The number of aliphatic carboxylic acids is 2. The quantitative estimate of drug-likeness (QED) is 0.250. The van der Waals surface area contributed by atoms with Gasteiger partial charge in [-0.3, -0.25) is 4.90 Å². The molecule has 29 heavy (non-hydrogen) atoms. The third-order valence-electron chi connectivity index (χ3n) is 3.95. The SMILES string of the molecule is CC1N=C2OC(=O)CNC2=C(NCCN2CCOCC2)N1.O=C(O)/C=C/C(=O)O. The van der Waals surface area contributed by atoms with Crippen LogP contribution in [0.15, 0.2) is 28.7 Å². The molecule has 5 N–H and O–H groups in total. The second-order valence-corrected chi connectivity index (χ2v) is 6.22. The van der Waals surface area contributed by atoms with E-state index in [2.05, 4.69) is 25.8 Å². The zero-order valence-corrected chi connectivity index (χ0v) is 16.0. The lowest BCUT2D eigenvalue weighted by atomic mass is 10.3. The Morgan fingerprint density at radius 3 is 2.55 bits per heavy atom. The number of hydrogen-bond acceptors (Lipinski definition) is 10. The fourth-order valence-electron chi connectivity index (χ4n) is 2.65. The maximum absolute atomic E-state index is 11.3. The van der Waals surface area contributed by atoms with Crippen LogP contribution in [0.3, 0.4) is 0 Å². The molecule has 0 spiro atoms. The minimum atomic E-state index is -1.26. The molecule has 160 valence electrons. The molecular weight excluding hydrogens is 386 g/mol. The highest BCUT2D eigenvalue weighted by atomic mass is 16.5.